The first-order valence-corrected chi connectivity index (χ1v) is 8.39. The topological polar surface area (TPSA) is 86.7 Å². The summed E-state index contributed by atoms with van der Waals surface area (Å²) in [6.45, 7) is 0. The van der Waals surface area contributed by atoms with Crippen molar-refractivity contribution in [1.82, 2.24) is 0 Å². The summed E-state index contributed by atoms with van der Waals surface area (Å²) in [7, 11) is -7.36. The van der Waals surface area contributed by atoms with Crippen molar-refractivity contribution in [3.8, 4) is 24.7 Å². The van der Waals surface area contributed by atoms with Crippen LogP contribution in [0.3, 0.4) is 0 Å². The van der Waals surface area contributed by atoms with E-state index >= 15 is 0 Å². The summed E-state index contributed by atoms with van der Waals surface area (Å²) in [4.78, 5) is 0. The zero-order valence-corrected chi connectivity index (χ0v) is 11.6. The molecule has 8 heteroatoms. The Morgan fingerprint density at radius 1 is 0.889 bits per heavy atom. The minimum atomic E-state index is -3.68. The van der Waals surface area contributed by atoms with Crippen molar-refractivity contribution in [2.45, 2.75) is 25.0 Å². The average molecular weight is 294 g/mol. The van der Waals surface area contributed by atoms with Gasteiger partial charge in [-0.2, -0.15) is 16.8 Å². The third-order valence-electron chi connectivity index (χ3n) is 1.64. The van der Waals surface area contributed by atoms with Crippen molar-refractivity contribution < 1.29 is 25.2 Å². The van der Waals surface area contributed by atoms with Gasteiger partial charge in [-0.05, 0) is 12.8 Å². The lowest BCUT2D eigenvalue weighted by Crippen LogP contribution is -2.21. The summed E-state index contributed by atoms with van der Waals surface area (Å²) in [5, 5.41) is 0. The molecule has 0 rings (SSSR count). The standard InChI is InChI=1S/C10H14O6S2/c1-5-9(15-17(3,11)12)7-8-10(6-2)16-18(4,13)14/h1-2,9-10H,7-8H2,3-4H3. The van der Waals surface area contributed by atoms with Gasteiger partial charge in [0.25, 0.3) is 20.2 Å². The Kier molecular flexibility index (Phi) is 6.36. The molecule has 0 fully saturated rings. The van der Waals surface area contributed by atoms with Gasteiger partial charge in [0.05, 0.1) is 12.5 Å². The third kappa shape index (κ3) is 9.02. The van der Waals surface area contributed by atoms with Gasteiger partial charge in [-0.15, -0.1) is 12.8 Å². The van der Waals surface area contributed by atoms with Crippen molar-refractivity contribution >= 4 is 20.2 Å². The van der Waals surface area contributed by atoms with Crippen LogP contribution in [0.1, 0.15) is 12.8 Å². The first kappa shape index (κ1) is 16.9. The van der Waals surface area contributed by atoms with Gasteiger partial charge >= 0.3 is 0 Å². The Bertz CT molecular complexity index is 494. The second-order valence-corrected chi connectivity index (χ2v) is 6.69. The minimum absolute atomic E-state index is 0.0634. The van der Waals surface area contributed by atoms with Crippen LogP contribution in [0.4, 0.5) is 0 Å². The summed E-state index contributed by atoms with van der Waals surface area (Å²) in [6.07, 6.45) is 10.0. The Labute approximate surface area is 108 Å². The van der Waals surface area contributed by atoms with Crippen LogP contribution in [0.5, 0.6) is 0 Å². The molecule has 0 aromatic heterocycles. The second kappa shape index (κ2) is 6.76. The summed E-state index contributed by atoms with van der Waals surface area (Å²) in [5.41, 5.74) is 0. The van der Waals surface area contributed by atoms with Crippen LogP contribution in [0.15, 0.2) is 0 Å². The van der Waals surface area contributed by atoms with Crippen molar-refractivity contribution in [2.75, 3.05) is 12.5 Å². The van der Waals surface area contributed by atoms with Crippen molar-refractivity contribution in [3.05, 3.63) is 0 Å². The van der Waals surface area contributed by atoms with Crippen LogP contribution in [0.25, 0.3) is 0 Å². The molecule has 6 nitrogen and oxygen atoms in total. The van der Waals surface area contributed by atoms with Gasteiger partial charge < -0.3 is 0 Å². The summed E-state index contributed by atoms with van der Waals surface area (Å²) < 4.78 is 52.6. The molecular formula is C10H14O6S2. The fourth-order valence-corrected chi connectivity index (χ4v) is 2.19. The van der Waals surface area contributed by atoms with Gasteiger partial charge in [-0.25, -0.2) is 0 Å². The highest BCUT2D eigenvalue weighted by Gasteiger charge is 2.18. The molecule has 0 aliphatic heterocycles. The van der Waals surface area contributed by atoms with Crippen LogP contribution in [0.2, 0.25) is 0 Å². The molecule has 0 saturated carbocycles. The Morgan fingerprint density at radius 2 is 1.17 bits per heavy atom. The molecule has 102 valence electrons. The van der Waals surface area contributed by atoms with Crippen molar-refractivity contribution in [1.29, 1.82) is 0 Å². The lowest BCUT2D eigenvalue weighted by Gasteiger charge is -2.13. The smallest absolute Gasteiger partial charge is 0.254 e. The van der Waals surface area contributed by atoms with E-state index in [-0.39, 0.29) is 12.8 Å². The predicted molar refractivity (Wildman–Crippen MR) is 66.3 cm³/mol. The zero-order chi connectivity index (χ0) is 14.4. The maximum Gasteiger partial charge on any atom is 0.265 e. The van der Waals surface area contributed by atoms with Gasteiger partial charge in [-0.3, -0.25) is 8.37 Å². The Balaban J connectivity index is 4.45. The second-order valence-electron chi connectivity index (χ2n) is 3.49. The highest BCUT2D eigenvalue weighted by molar-refractivity contribution is 7.86. The van der Waals surface area contributed by atoms with Gasteiger partial charge in [0.2, 0.25) is 0 Å². The quantitative estimate of drug-likeness (QED) is 0.474. The fourth-order valence-electron chi connectivity index (χ4n) is 1.04. The van der Waals surface area contributed by atoms with Crippen LogP contribution in [-0.4, -0.2) is 41.6 Å². The van der Waals surface area contributed by atoms with E-state index in [0.717, 1.165) is 12.5 Å². The first-order valence-electron chi connectivity index (χ1n) is 4.76. The molecule has 0 aliphatic carbocycles. The number of rotatable bonds is 7. The minimum Gasteiger partial charge on any atom is -0.254 e. The third-order valence-corrected chi connectivity index (χ3v) is 2.81. The maximum atomic E-state index is 10.9. The van der Waals surface area contributed by atoms with E-state index in [1.807, 2.05) is 0 Å². The highest BCUT2D eigenvalue weighted by atomic mass is 32.2. The molecule has 0 spiro atoms. The molecule has 18 heavy (non-hydrogen) atoms. The molecular weight excluding hydrogens is 280 g/mol. The molecule has 0 aliphatic rings. The van der Waals surface area contributed by atoms with E-state index in [1.165, 1.54) is 0 Å². The normalized spacial score (nSPS) is 15.3. The molecule has 0 radical (unpaired) electrons. The van der Waals surface area contributed by atoms with Gasteiger partial charge in [0, 0.05) is 0 Å². The van der Waals surface area contributed by atoms with Crippen LogP contribution in [0, 0.1) is 24.7 Å². The Morgan fingerprint density at radius 3 is 1.33 bits per heavy atom. The molecule has 0 heterocycles. The van der Waals surface area contributed by atoms with Crippen LogP contribution in [-0.2, 0) is 28.6 Å². The monoisotopic (exact) mass is 294 g/mol. The van der Waals surface area contributed by atoms with Crippen LogP contribution < -0.4 is 0 Å². The molecule has 2 atom stereocenters. The lowest BCUT2D eigenvalue weighted by molar-refractivity contribution is 0.208. The summed E-state index contributed by atoms with van der Waals surface area (Å²) >= 11 is 0. The van der Waals surface area contributed by atoms with Gasteiger partial charge in [0.15, 0.2) is 0 Å². The van der Waals surface area contributed by atoms with E-state index in [9.17, 15) is 16.8 Å². The SMILES string of the molecule is C#CC(CCC(C#C)OS(C)(=O)=O)OS(C)(=O)=O. The zero-order valence-electron chi connectivity index (χ0n) is 9.99. The van der Waals surface area contributed by atoms with Crippen molar-refractivity contribution in [3.63, 3.8) is 0 Å². The van der Waals surface area contributed by atoms with Gasteiger partial charge in [0.1, 0.15) is 12.2 Å². The molecule has 0 aromatic carbocycles. The largest absolute Gasteiger partial charge is 0.265 e. The van der Waals surface area contributed by atoms with E-state index in [1.54, 1.807) is 0 Å². The Hall–Kier alpha value is -1.06. The molecule has 0 amide bonds. The van der Waals surface area contributed by atoms with Crippen molar-refractivity contribution in [2.24, 2.45) is 0 Å². The van der Waals surface area contributed by atoms with E-state index in [2.05, 4.69) is 20.2 Å². The predicted octanol–water partition coefficient (Wildman–Crippen LogP) is -0.277. The summed E-state index contributed by atoms with van der Waals surface area (Å²) in [5.74, 6) is 4.25. The maximum absolute atomic E-state index is 10.9. The fraction of sp³-hybridized carbons (Fsp3) is 0.600. The molecule has 2 unspecified atom stereocenters. The number of terminal acetylenes is 2. The molecule has 0 saturated heterocycles. The van der Waals surface area contributed by atoms with E-state index < -0.39 is 32.4 Å². The van der Waals surface area contributed by atoms with E-state index in [0.29, 0.717) is 0 Å². The summed E-state index contributed by atoms with van der Waals surface area (Å²) in [6, 6.07) is 0. The molecule has 0 aromatic rings. The lowest BCUT2D eigenvalue weighted by atomic mass is 10.1. The molecule has 0 bridgehead atoms. The van der Waals surface area contributed by atoms with E-state index in [4.69, 9.17) is 12.8 Å². The number of hydrogen-bond donors (Lipinski definition) is 0. The average Bonchev–Trinajstić information content (AvgIpc) is 2.18. The molecule has 0 N–H and O–H groups in total. The van der Waals surface area contributed by atoms with Crippen LogP contribution >= 0.6 is 0 Å². The highest BCUT2D eigenvalue weighted by Crippen LogP contribution is 2.11. The van der Waals surface area contributed by atoms with Gasteiger partial charge in [-0.1, -0.05) is 11.8 Å². The first-order chi connectivity index (χ1) is 8.07. The number of hydrogen-bond acceptors (Lipinski definition) is 6.